The zero-order valence-corrected chi connectivity index (χ0v) is 22.4. The van der Waals surface area contributed by atoms with Crippen molar-refractivity contribution < 1.29 is 13.9 Å². The first-order valence-electron chi connectivity index (χ1n) is 12.0. The fourth-order valence-corrected chi connectivity index (χ4v) is 4.34. The van der Waals surface area contributed by atoms with Gasteiger partial charge in [-0.15, -0.1) is 0 Å². The molecule has 0 spiro atoms. The Morgan fingerprint density at radius 2 is 1.89 bits per heavy atom. The van der Waals surface area contributed by atoms with Gasteiger partial charge in [-0.25, -0.2) is 0 Å². The van der Waals surface area contributed by atoms with E-state index in [1.807, 2.05) is 43.7 Å². The van der Waals surface area contributed by atoms with E-state index in [1.54, 1.807) is 12.1 Å². The molecule has 2 heterocycles. The Hall–Kier alpha value is -3.51. The number of hydrogen-bond donors (Lipinski definition) is 1. The minimum Gasteiger partial charge on any atom is -0.485 e. The molecule has 4 rings (SSSR count). The molecule has 2 aromatic carbocycles. The van der Waals surface area contributed by atoms with Crippen molar-refractivity contribution in [2.75, 3.05) is 5.32 Å². The van der Waals surface area contributed by atoms with E-state index in [4.69, 9.17) is 20.8 Å². The van der Waals surface area contributed by atoms with Gasteiger partial charge >= 0.3 is 0 Å². The number of furan rings is 1. The molecule has 188 valence electrons. The zero-order valence-electron chi connectivity index (χ0n) is 21.6. The third-order valence-corrected chi connectivity index (χ3v) is 6.61. The lowest BCUT2D eigenvalue weighted by atomic mass is 10.0. The number of carbonyl (C=O) groups is 1. The number of aromatic nitrogens is 2. The number of anilines is 1. The third-order valence-electron chi connectivity index (χ3n) is 6.20. The van der Waals surface area contributed by atoms with Crippen molar-refractivity contribution in [2.24, 2.45) is 0 Å². The largest absolute Gasteiger partial charge is 0.485 e. The highest BCUT2D eigenvalue weighted by atomic mass is 35.5. The van der Waals surface area contributed by atoms with Gasteiger partial charge in [0.15, 0.2) is 5.76 Å². The molecule has 0 aliphatic heterocycles. The number of rotatable bonds is 8. The first kappa shape index (κ1) is 25.6. The molecule has 0 aliphatic rings. The van der Waals surface area contributed by atoms with Crippen molar-refractivity contribution in [2.45, 2.75) is 60.6 Å². The number of ether oxygens (including phenoxy) is 1. The summed E-state index contributed by atoms with van der Waals surface area (Å²) in [5.74, 6) is 1.48. The average molecular weight is 506 g/mol. The van der Waals surface area contributed by atoms with E-state index < -0.39 is 0 Å². The van der Waals surface area contributed by atoms with Crippen LogP contribution in [0.1, 0.15) is 69.7 Å². The molecule has 0 unspecified atom stereocenters. The minimum atomic E-state index is -0.326. The fourth-order valence-electron chi connectivity index (χ4n) is 4.16. The SMILES string of the molecule is Cc1cccc(Cn2nc(C)c(NC(=O)c3ccc(COc4cc(C)c(Cl)cc4C(C)C)o3)c2C)c1. The van der Waals surface area contributed by atoms with Crippen LogP contribution < -0.4 is 10.1 Å². The summed E-state index contributed by atoms with van der Waals surface area (Å²) in [5.41, 5.74) is 6.67. The van der Waals surface area contributed by atoms with E-state index in [1.165, 1.54) is 5.56 Å². The average Bonchev–Trinajstić information content (AvgIpc) is 3.40. The second-order valence-corrected chi connectivity index (χ2v) is 9.90. The Kier molecular flexibility index (Phi) is 7.55. The highest BCUT2D eigenvalue weighted by molar-refractivity contribution is 6.31. The van der Waals surface area contributed by atoms with Gasteiger partial charge in [0.05, 0.1) is 23.6 Å². The maximum absolute atomic E-state index is 12.9. The predicted octanol–water partition coefficient (Wildman–Crippen LogP) is 7.37. The Morgan fingerprint density at radius 1 is 1.11 bits per heavy atom. The molecular weight excluding hydrogens is 474 g/mol. The van der Waals surface area contributed by atoms with Crippen LogP contribution in [0.4, 0.5) is 5.69 Å². The molecular formula is C29H32ClN3O3. The predicted molar refractivity (Wildman–Crippen MR) is 143 cm³/mol. The van der Waals surface area contributed by atoms with Crippen LogP contribution in [0.5, 0.6) is 5.75 Å². The zero-order chi connectivity index (χ0) is 26.0. The van der Waals surface area contributed by atoms with Gasteiger partial charge in [0.1, 0.15) is 18.1 Å². The van der Waals surface area contributed by atoms with Crippen molar-refractivity contribution in [3.05, 3.63) is 98.7 Å². The van der Waals surface area contributed by atoms with E-state index in [0.717, 1.165) is 38.9 Å². The number of nitrogens with zero attached hydrogens (tertiary/aromatic N) is 2. The monoisotopic (exact) mass is 505 g/mol. The number of benzene rings is 2. The van der Waals surface area contributed by atoms with Crippen LogP contribution in [0.15, 0.2) is 52.9 Å². The van der Waals surface area contributed by atoms with Crippen LogP contribution in [0, 0.1) is 27.7 Å². The van der Waals surface area contributed by atoms with Crippen molar-refractivity contribution in [1.29, 1.82) is 0 Å². The summed E-state index contributed by atoms with van der Waals surface area (Å²) < 4.78 is 13.7. The number of aryl methyl sites for hydroxylation is 3. The summed E-state index contributed by atoms with van der Waals surface area (Å²) in [4.78, 5) is 12.9. The van der Waals surface area contributed by atoms with E-state index in [-0.39, 0.29) is 24.2 Å². The van der Waals surface area contributed by atoms with Crippen LogP contribution >= 0.6 is 11.6 Å². The second kappa shape index (κ2) is 10.6. The van der Waals surface area contributed by atoms with Gasteiger partial charge in [-0.2, -0.15) is 5.10 Å². The van der Waals surface area contributed by atoms with Gasteiger partial charge < -0.3 is 14.5 Å². The summed E-state index contributed by atoms with van der Waals surface area (Å²) in [6.07, 6.45) is 0. The summed E-state index contributed by atoms with van der Waals surface area (Å²) in [7, 11) is 0. The van der Waals surface area contributed by atoms with Gasteiger partial charge in [0.25, 0.3) is 5.91 Å². The van der Waals surface area contributed by atoms with Crippen LogP contribution in [0.3, 0.4) is 0 Å². The topological polar surface area (TPSA) is 69.3 Å². The van der Waals surface area contributed by atoms with Crippen molar-refractivity contribution in [3.8, 4) is 5.75 Å². The molecule has 0 radical (unpaired) electrons. The van der Waals surface area contributed by atoms with Crippen molar-refractivity contribution >= 4 is 23.2 Å². The normalized spacial score (nSPS) is 11.2. The molecule has 0 fully saturated rings. The molecule has 0 saturated heterocycles. The Bertz CT molecular complexity index is 1400. The van der Waals surface area contributed by atoms with Crippen LogP contribution in [0.2, 0.25) is 5.02 Å². The lowest BCUT2D eigenvalue weighted by molar-refractivity contribution is 0.0992. The molecule has 1 N–H and O–H groups in total. The second-order valence-electron chi connectivity index (χ2n) is 9.50. The summed E-state index contributed by atoms with van der Waals surface area (Å²) in [5, 5.41) is 8.31. The van der Waals surface area contributed by atoms with Gasteiger partial charge in [-0.05, 0) is 74.6 Å². The molecule has 2 aromatic heterocycles. The Balaban J connectivity index is 1.44. The van der Waals surface area contributed by atoms with Crippen molar-refractivity contribution in [1.82, 2.24) is 9.78 Å². The number of hydrogen-bond acceptors (Lipinski definition) is 4. The molecule has 6 nitrogen and oxygen atoms in total. The summed E-state index contributed by atoms with van der Waals surface area (Å²) in [6, 6.07) is 15.6. The van der Waals surface area contributed by atoms with E-state index >= 15 is 0 Å². The molecule has 36 heavy (non-hydrogen) atoms. The summed E-state index contributed by atoms with van der Waals surface area (Å²) >= 11 is 6.30. The number of amides is 1. The van der Waals surface area contributed by atoms with E-state index in [9.17, 15) is 4.79 Å². The molecule has 4 aromatic rings. The number of halogens is 1. The van der Waals surface area contributed by atoms with E-state index in [0.29, 0.717) is 18.0 Å². The first-order valence-corrected chi connectivity index (χ1v) is 12.4. The highest BCUT2D eigenvalue weighted by Gasteiger charge is 2.19. The molecule has 0 aliphatic carbocycles. The number of carbonyl (C=O) groups excluding carboxylic acids is 1. The van der Waals surface area contributed by atoms with Crippen molar-refractivity contribution in [3.63, 3.8) is 0 Å². The summed E-state index contributed by atoms with van der Waals surface area (Å²) in [6.45, 7) is 12.9. The molecule has 1 amide bonds. The standard InChI is InChI=1S/C29H32ClN3O3/c1-17(2)24-14-25(30)19(4)13-27(24)35-16-23-10-11-26(36-23)29(34)31-28-20(5)32-33(21(28)6)15-22-9-7-8-18(3)12-22/h7-14,17H,15-16H2,1-6H3,(H,31,34). The van der Waals surface area contributed by atoms with Gasteiger partial charge in [-0.1, -0.05) is 55.3 Å². The van der Waals surface area contributed by atoms with Gasteiger partial charge in [0, 0.05) is 5.02 Å². The van der Waals surface area contributed by atoms with Crippen LogP contribution in [-0.2, 0) is 13.2 Å². The lowest BCUT2D eigenvalue weighted by Gasteiger charge is -2.15. The Labute approximate surface area is 217 Å². The molecule has 0 saturated carbocycles. The van der Waals surface area contributed by atoms with Crippen LogP contribution in [0.25, 0.3) is 0 Å². The fraction of sp³-hybridized carbons (Fsp3) is 0.310. The van der Waals surface area contributed by atoms with Gasteiger partial charge in [0.2, 0.25) is 0 Å². The molecule has 0 bridgehead atoms. The van der Waals surface area contributed by atoms with Crippen LogP contribution in [-0.4, -0.2) is 15.7 Å². The Morgan fingerprint density at radius 3 is 2.61 bits per heavy atom. The smallest absolute Gasteiger partial charge is 0.291 e. The highest BCUT2D eigenvalue weighted by Crippen LogP contribution is 2.32. The molecule has 0 atom stereocenters. The first-order chi connectivity index (χ1) is 17.1. The number of nitrogens with one attached hydrogen (secondary N) is 1. The van der Waals surface area contributed by atoms with E-state index in [2.05, 4.69) is 49.4 Å². The van der Waals surface area contributed by atoms with Gasteiger partial charge in [-0.3, -0.25) is 9.48 Å². The maximum Gasteiger partial charge on any atom is 0.291 e. The minimum absolute atomic E-state index is 0.209. The quantitative estimate of drug-likeness (QED) is 0.271. The third kappa shape index (κ3) is 5.65. The molecule has 7 heteroatoms. The lowest BCUT2D eigenvalue weighted by Crippen LogP contribution is -2.12. The maximum atomic E-state index is 12.9.